The van der Waals surface area contributed by atoms with Crippen molar-refractivity contribution in [3.05, 3.63) is 0 Å². The Morgan fingerprint density at radius 2 is 0.634 bits per heavy atom. The van der Waals surface area contributed by atoms with Crippen LogP contribution in [0.25, 0.3) is 0 Å². The van der Waals surface area contributed by atoms with Crippen LogP contribution in [0.2, 0.25) is 16.9 Å². The van der Waals surface area contributed by atoms with Gasteiger partial charge in [-0.1, -0.05) is 20.7 Å². The van der Waals surface area contributed by atoms with Crippen molar-refractivity contribution in [2.45, 2.75) is 113 Å². The molecule has 0 aliphatic heterocycles. The lowest BCUT2D eigenvalue weighted by Crippen LogP contribution is -2.65. The summed E-state index contributed by atoms with van der Waals surface area (Å²) >= 11 is 0. The lowest BCUT2D eigenvalue weighted by molar-refractivity contribution is -0.135. The molecule has 0 radical (unpaired) electrons. The highest BCUT2D eigenvalue weighted by Crippen LogP contribution is 2.02. The number of carbonyl (C=O) groups excluding carboxylic acids is 15. The zero-order valence-electron chi connectivity index (χ0n) is 64.4. The number of primary amides is 1. The lowest BCUT2D eigenvalue weighted by Gasteiger charge is -2.28. The van der Waals surface area contributed by atoms with Crippen molar-refractivity contribution in [2.75, 3.05) is 98.2 Å². The molecule has 41 N–H and O–H groups in total. The zero-order valence-corrected chi connectivity index (χ0v) is 51.4. The molecule has 0 fully saturated rings. The van der Waals surface area contributed by atoms with Gasteiger partial charge in [-0.05, 0) is 19.9 Å². The van der Waals surface area contributed by atoms with Gasteiger partial charge in [0, 0.05) is 105 Å². The monoisotopic (exact) mass is 1350 g/mol. The molecular formula is C50H100N28O15. The number of rotatable bonds is 58. The van der Waals surface area contributed by atoms with Crippen LogP contribution in [-0.2, 0) is 71.9 Å². The molecule has 43 heteroatoms. The van der Waals surface area contributed by atoms with Crippen molar-refractivity contribution in [1.29, 1.82) is 0 Å². The van der Waals surface area contributed by atoms with Crippen molar-refractivity contribution in [3.8, 4) is 0 Å². The van der Waals surface area contributed by atoms with E-state index in [1.165, 1.54) is 0 Å². The molecule has 0 saturated heterocycles. The van der Waals surface area contributed by atoms with Crippen LogP contribution < -0.4 is 154 Å². The van der Waals surface area contributed by atoms with E-state index in [9.17, 15) is 67.1 Å². The van der Waals surface area contributed by atoms with Crippen molar-refractivity contribution in [3.63, 3.8) is 0 Å². The van der Waals surface area contributed by atoms with Gasteiger partial charge in [0.05, 0.1) is 30.2 Å². The Morgan fingerprint density at radius 1 is 0.333 bits per heavy atom. The third-order valence-corrected chi connectivity index (χ3v) is 13.0. The summed E-state index contributed by atoms with van der Waals surface area (Å²) in [5.41, 5.74) is 28.5. The van der Waals surface area contributed by atoms with E-state index in [1.54, 1.807) is 13.8 Å². The van der Waals surface area contributed by atoms with Gasteiger partial charge in [-0.2, -0.15) is 0 Å². The average molecular weight is 1350 g/mol. The highest BCUT2D eigenvalue weighted by molar-refractivity contribution is 5.99. The van der Waals surface area contributed by atoms with E-state index in [0.29, 0.717) is 0 Å². The van der Waals surface area contributed by atoms with E-state index in [0.717, 1.165) is 6.92 Å². The molecule has 0 rings (SSSR count). The number of nitrogens with two attached hydrogens (primary N) is 13. The fourth-order valence-corrected chi connectivity index (χ4v) is 7.06. The molecular weight excluding hydrogens is 1230 g/mol. The van der Waals surface area contributed by atoms with Crippen LogP contribution in [0.15, 0.2) is 0 Å². The summed E-state index contributed by atoms with van der Waals surface area (Å²) in [5.74, 6) is -20.2. The van der Waals surface area contributed by atoms with Crippen LogP contribution in [0.5, 0.6) is 0 Å². The summed E-state index contributed by atoms with van der Waals surface area (Å²) in [5, 5.41) is 34.4. The molecule has 0 aliphatic rings. The number of hydrogen-bond acceptors (Lipinski definition) is 28. The molecule has 0 aromatic heterocycles. The molecule has 0 aromatic rings. The van der Waals surface area contributed by atoms with Crippen LogP contribution in [0.4, 0.5) is 0 Å². The fourth-order valence-electron chi connectivity index (χ4n) is 7.06. The van der Waals surface area contributed by atoms with E-state index < -0.39 is 264 Å². The van der Waals surface area contributed by atoms with E-state index in [2.05, 4.69) is 85.5 Å². The first kappa shape index (κ1) is 63.3. The standard InChI is InChI=1S/C50H100N28O15/c1-5-23(8-52)39(82)67-16-30(73-42(85)26(60)11-55)45(88)69-20-35(78-49(92)33(75-44(87)28(62)13-57)18-68-40(83)24(58)9-53)50(93)77-34(47(90)72-29(36(63)79)14-64-6-2)19-70-46(89)31(15-66-38(81)22(4)71-41(84)25(59)10-54)76-48(91)32(74-43(86)27(61)12-56)17-65-37(80)21(3)7-51/h21-35,64H,5-20,51-62H2,1-4H3,(H2,63,79)(H,65,80)(H,66,81)(H,67,82)(H,68,83)(H,69,88)(H,70,89)(H,71,84)(H,72,90)(H,73,85)(H,74,86)(H,75,87)(H,76,91)(H,77,93)(H,78,92)/t21?,22?,23?,24?,25?,26?,27?,28?,29-,30?,31?,32?,33?,34?,35?/m1/s1/i3D/hD12. The van der Waals surface area contributed by atoms with E-state index >= 15 is 4.79 Å². The molecule has 93 heavy (non-hydrogen) atoms. The molecule has 15 amide bonds. The normalized spacial score (nSPS) is 17.7. The molecule has 0 heterocycles. The van der Waals surface area contributed by atoms with Gasteiger partial charge in [0.15, 0.2) is 0 Å². The number of carbonyl (C=O) groups is 15. The minimum Gasteiger partial charge on any atom is -0.368 e. The summed E-state index contributed by atoms with van der Waals surface area (Å²) < 4.78 is 97.0. The molecule has 0 saturated carbocycles. The van der Waals surface area contributed by atoms with E-state index in [-0.39, 0.29) is 26.1 Å². The lowest BCUT2D eigenvalue weighted by atomic mass is 10.1. The molecule has 43 nitrogen and oxygen atoms in total. The molecule has 530 valence electrons. The van der Waals surface area contributed by atoms with Gasteiger partial charge in [-0.3, -0.25) is 71.9 Å². The Kier molecular flexibility index (Phi) is 30.6. The molecule has 15 atom stereocenters. The maximum Gasteiger partial charge on any atom is 0.245 e. The summed E-state index contributed by atoms with van der Waals surface area (Å²) in [4.78, 5) is 207. The Bertz CT molecular complexity index is 2810. The van der Waals surface area contributed by atoms with Gasteiger partial charge in [0.1, 0.15) is 65.3 Å². The quantitative estimate of drug-likeness (QED) is 0.0269. The minimum absolute atomic E-state index is 0.152. The fraction of sp³-hybridized carbons (Fsp3) is 0.700. The van der Waals surface area contributed by atoms with Gasteiger partial charge in [0.25, 0.3) is 0 Å². The largest absolute Gasteiger partial charge is 0.368 e. The highest BCUT2D eigenvalue weighted by Gasteiger charge is 2.36. The van der Waals surface area contributed by atoms with Gasteiger partial charge in [-0.15, -0.1) is 0 Å². The Morgan fingerprint density at radius 3 is 0.968 bits per heavy atom. The third kappa shape index (κ3) is 31.1. The molecule has 0 spiro atoms. The van der Waals surface area contributed by atoms with Crippen molar-refractivity contribution in [1.82, 2.24) is 79.8 Å². The van der Waals surface area contributed by atoms with Gasteiger partial charge < -0.3 is 154 Å². The SMILES string of the molecule is [2H]CC(CN[2H])C(=O)NCC(NC(=O)C(CN[2H])N[2H])C(=O)NC(CNC(=O)C(C)NC(=O)C(CN[2H])N[2H])C(=O)NCC(NC(=O)C(CNC(=O)C(CNC(=O)C(CC)CN[2H])NC(=O)C(CN[2H])N[2H])NC(=O)C(CNC(=O)C(CN[2H])N[2H])NC(=O)C(CN[2H])N[2H])C(=O)N[C@H](CNCC)C(N)=O. The zero-order chi connectivity index (χ0) is 80.4. The van der Waals surface area contributed by atoms with Crippen LogP contribution in [0.3, 0.4) is 0 Å². The first-order valence-electron chi connectivity index (χ1n) is 35.5. The van der Waals surface area contributed by atoms with Crippen LogP contribution in [0.1, 0.15) is 35.5 Å². The predicted octanol–water partition coefficient (Wildman–Crippen LogP) is -19.3. The van der Waals surface area contributed by atoms with Gasteiger partial charge in [-0.25, -0.2) is 0 Å². The first-order chi connectivity index (χ1) is 50.5. The van der Waals surface area contributed by atoms with Gasteiger partial charge in [0.2, 0.25) is 88.6 Å². The van der Waals surface area contributed by atoms with Crippen molar-refractivity contribution in [2.24, 2.45) is 86.3 Å². The van der Waals surface area contributed by atoms with E-state index in [1.807, 2.05) is 63.0 Å². The second kappa shape index (κ2) is 44.9. The van der Waals surface area contributed by atoms with E-state index in [4.69, 9.17) is 24.0 Å². The van der Waals surface area contributed by atoms with Crippen LogP contribution in [-0.4, -0.2) is 265 Å². The summed E-state index contributed by atoms with van der Waals surface area (Å²) in [6, 6.07) is -23.4. The molecule has 0 aromatic carbocycles. The van der Waals surface area contributed by atoms with Crippen LogP contribution in [0, 0.1) is 11.8 Å². The number of likely N-dealkylation sites (N-methyl/N-ethyl adjacent to an activating group) is 1. The van der Waals surface area contributed by atoms with Crippen molar-refractivity contribution < 1.29 is 90.2 Å². The molecule has 0 aliphatic carbocycles. The number of nitrogens with one attached hydrogen (secondary N) is 15. The Hall–Kier alpha value is -8.47. The summed E-state index contributed by atoms with van der Waals surface area (Å²) in [6.45, 7) is -5.62. The maximum absolute atomic E-state index is 15.1. The Balaban J connectivity index is 8.58. The average Bonchev–Trinajstić information content (AvgIpc) is 0.866. The number of hydrogen-bond donors (Lipinski definition) is 28. The number of amides is 15. The second-order valence-corrected chi connectivity index (χ2v) is 20.3. The minimum atomic E-state index is -2.30. The topological polar surface area (TPSA) is 775 Å². The predicted molar refractivity (Wildman–Crippen MR) is 333 cm³/mol. The Labute approximate surface area is 555 Å². The maximum atomic E-state index is 15.1. The first-order valence-corrected chi connectivity index (χ1v) is 28.8. The van der Waals surface area contributed by atoms with Gasteiger partial charge >= 0.3 is 0 Å². The summed E-state index contributed by atoms with van der Waals surface area (Å²) in [6.07, 6.45) is 0.152. The second-order valence-electron chi connectivity index (χ2n) is 20.3. The van der Waals surface area contributed by atoms with Crippen molar-refractivity contribution >= 4 is 88.6 Å². The summed E-state index contributed by atoms with van der Waals surface area (Å²) in [7, 11) is 0. The smallest absolute Gasteiger partial charge is 0.245 e. The highest BCUT2D eigenvalue weighted by atomic mass is 16.2. The third-order valence-electron chi connectivity index (χ3n) is 13.0. The molecule has 0 bridgehead atoms. The van der Waals surface area contributed by atoms with Crippen LogP contribution >= 0.6 is 0 Å². The molecule has 14 unspecified atom stereocenters.